The number of esters is 1. The minimum atomic E-state index is -0.646. The Morgan fingerprint density at radius 3 is 2.50 bits per heavy atom. The first-order valence-electron chi connectivity index (χ1n) is 14.1. The van der Waals surface area contributed by atoms with Gasteiger partial charge in [0.05, 0.1) is 25.4 Å². The maximum absolute atomic E-state index is 14.3. The molecule has 2 N–H and O–H groups in total. The van der Waals surface area contributed by atoms with Crippen molar-refractivity contribution >= 4 is 5.97 Å². The molecule has 0 radical (unpaired) electrons. The standard InChI is InChI=1S/C32H46FNO4/c1-6-37-31(36)14-10-9-13-28-22(2)30(33)16-15-29(28)23(3)38-21-27(35)20-34-32(4,5)19-24-17-25-11-7-8-12-26(25)18-24/h7-8,11-12,15-16,23-24,27,34-35H,6,9-10,13-14,17-21H2,1-5H3/t23-,27-/m1/s1. The van der Waals surface area contributed by atoms with E-state index in [1.807, 2.05) is 6.92 Å². The third-order valence-electron chi connectivity index (χ3n) is 7.66. The fraction of sp³-hybridized carbons (Fsp3) is 0.594. The highest BCUT2D eigenvalue weighted by molar-refractivity contribution is 5.69. The highest BCUT2D eigenvalue weighted by atomic mass is 19.1. The first kappa shape index (κ1) is 30.3. The van der Waals surface area contributed by atoms with E-state index in [-0.39, 0.29) is 30.0 Å². The van der Waals surface area contributed by atoms with Crippen LogP contribution in [0.2, 0.25) is 0 Å². The molecule has 5 nitrogen and oxygen atoms in total. The van der Waals surface area contributed by atoms with Gasteiger partial charge < -0.3 is 19.9 Å². The Morgan fingerprint density at radius 1 is 1.16 bits per heavy atom. The Labute approximate surface area is 228 Å². The second kappa shape index (κ2) is 14.2. The van der Waals surface area contributed by atoms with Crippen LogP contribution in [0.25, 0.3) is 0 Å². The Morgan fingerprint density at radius 2 is 1.84 bits per heavy atom. The number of unbranched alkanes of at least 4 members (excludes halogenated alkanes) is 1. The van der Waals surface area contributed by atoms with Gasteiger partial charge in [-0.05, 0) is 113 Å². The van der Waals surface area contributed by atoms with Crippen molar-refractivity contribution in [1.29, 1.82) is 0 Å². The summed E-state index contributed by atoms with van der Waals surface area (Å²) in [6.45, 7) is 10.9. The van der Waals surface area contributed by atoms with Crippen LogP contribution in [0.15, 0.2) is 36.4 Å². The molecular weight excluding hydrogens is 481 g/mol. The van der Waals surface area contributed by atoms with Gasteiger partial charge in [0.25, 0.3) is 0 Å². The number of benzene rings is 2. The molecule has 0 bridgehead atoms. The van der Waals surface area contributed by atoms with Crippen LogP contribution in [-0.2, 0) is 33.5 Å². The smallest absolute Gasteiger partial charge is 0.305 e. The quantitative estimate of drug-likeness (QED) is 0.219. The van der Waals surface area contributed by atoms with Gasteiger partial charge in [-0.1, -0.05) is 30.3 Å². The minimum Gasteiger partial charge on any atom is -0.466 e. The van der Waals surface area contributed by atoms with Crippen molar-refractivity contribution in [1.82, 2.24) is 5.32 Å². The van der Waals surface area contributed by atoms with E-state index >= 15 is 0 Å². The average molecular weight is 528 g/mol. The summed E-state index contributed by atoms with van der Waals surface area (Å²) in [5.41, 5.74) is 5.31. The summed E-state index contributed by atoms with van der Waals surface area (Å²) in [5.74, 6) is 0.179. The number of rotatable bonds is 15. The van der Waals surface area contributed by atoms with Gasteiger partial charge in [0.1, 0.15) is 5.82 Å². The lowest BCUT2D eigenvalue weighted by atomic mass is 9.88. The number of aliphatic hydroxyl groups is 1. The van der Waals surface area contributed by atoms with Gasteiger partial charge in [0, 0.05) is 18.5 Å². The van der Waals surface area contributed by atoms with Crippen LogP contribution in [0.1, 0.15) is 87.3 Å². The van der Waals surface area contributed by atoms with E-state index in [2.05, 4.69) is 43.4 Å². The Hall–Kier alpha value is -2.28. The van der Waals surface area contributed by atoms with Gasteiger partial charge in [-0.25, -0.2) is 4.39 Å². The number of nitrogens with one attached hydrogen (secondary N) is 1. The van der Waals surface area contributed by atoms with Crippen molar-refractivity contribution in [3.05, 3.63) is 70.0 Å². The molecule has 3 rings (SSSR count). The highest BCUT2D eigenvalue weighted by Crippen LogP contribution is 2.32. The van der Waals surface area contributed by atoms with Crippen molar-refractivity contribution in [2.24, 2.45) is 5.92 Å². The van der Waals surface area contributed by atoms with E-state index in [0.717, 1.165) is 36.8 Å². The lowest BCUT2D eigenvalue weighted by molar-refractivity contribution is -0.143. The normalized spacial score (nSPS) is 15.3. The Bertz CT molecular complexity index is 1030. The van der Waals surface area contributed by atoms with Gasteiger partial charge in [-0.2, -0.15) is 0 Å². The van der Waals surface area contributed by atoms with E-state index in [9.17, 15) is 14.3 Å². The second-order valence-corrected chi connectivity index (χ2v) is 11.4. The lowest BCUT2D eigenvalue weighted by Gasteiger charge is -2.31. The number of β-amino-alcohol motifs (C(OH)–C–C–N with tert-alkyl or cyclic N) is 1. The van der Waals surface area contributed by atoms with Gasteiger partial charge in [-0.3, -0.25) is 4.79 Å². The van der Waals surface area contributed by atoms with Crippen LogP contribution in [0.5, 0.6) is 0 Å². The maximum atomic E-state index is 14.3. The molecule has 0 aromatic heterocycles. The Balaban J connectivity index is 1.46. The van der Waals surface area contributed by atoms with E-state index in [1.165, 1.54) is 17.2 Å². The first-order valence-corrected chi connectivity index (χ1v) is 14.1. The van der Waals surface area contributed by atoms with Crippen molar-refractivity contribution in [3.8, 4) is 0 Å². The number of carbonyl (C=O) groups is 1. The van der Waals surface area contributed by atoms with Crippen LogP contribution < -0.4 is 5.32 Å². The van der Waals surface area contributed by atoms with E-state index in [0.29, 0.717) is 43.9 Å². The van der Waals surface area contributed by atoms with Crippen molar-refractivity contribution in [2.45, 2.75) is 97.3 Å². The Kier molecular flexibility index (Phi) is 11.3. The second-order valence-electron chi connectivity index (χ2n) is 11.4. The number of carbonyl (C=O) groups excluding carboxylic acids is 1. The third kappa shape index (κ3) is 8.89. The molecule has 0 saturated heterocycles. The number of ether oxygens (including phenoxy) is 2. The fourth-order valence-electron chi connectivity index (χ4n) is 5.65. The molecule has 0 aliphatic heterocycles. The molecule has 2 aromatic rings. The molecule has 1 aliphatic carbocycles. The number of fused-ring (bicyclic) bond motifs is 1. The zero-order chi connectivity index (χ0) is 27.7. The molecule has 0 amide bonds. The SMILES string of the molecule is CCOC(=O)CCCCc1c([C@@H](C)OC[C@H](O)CNC(C)(C)CC2Cc3ccccc3C2)ccc(F)c1C. The number of hydrogen-bond acceptors (Lipinski definition) is 5. The molecule has 2 aromatic carbocycles. The topological polar surface area (TPSA) is 67.8 Å². The third-order valence-corrected chi connectivity index (χ3v) is 7.66. The van der Waals surface area contributed by atoms with E-state index in [4.69, 9.17) is 9.47 Å². The predicted octanol–water partition coefficient (Wildman–Crippen LogP) is 6.02. The van der Waals surface area contributed by atoms with Crippen LogP contribution in [0.4, 0.5) is 4.39 Å². The van der Waals surface area contributed by atoms with Crippen molar-refractivity contribution in [3.63, 3.8) is 0 Å². The molecule has 2 atom stereocenters. The van der Waals surface area contributed by atoms with Gasteiger partial charge in [-0.15, -0.1) is 0 Å². The first-order chi connectivity index (χ1) is 18.1. The summed E-state index contributed by atoms with van der Waals surface area (Å²) in [6.07, 6.45) is 4.83. The molecule has 0 unspecified atom stereocenters. The van der Waals surface area contributed by atoms with Gasteiger partial charge in [0.15, 0.2) is 0 Å². The predicted molar refractivity (Wildman–Crippen MR) is 150 cm³/mol. The van der Waals surface area contributed by atoms with Crippen LogP contribution in [0, 0.1) is 18.7 Å². The summed E-state index contributed by atoms with van der Waals surface area (Å²) in [6, 6.07) is 12.0. The van der Waals surface area contributed by atoms with Gasteiger partial charge in [0.2, 0.25) is 0 Å². The summed E-state index contributed by atoms with van der Waals surface area (Å²) in [7, 11) is 0. The number of hydrogen-bond donors (Lipinski definition) is 2. The molecule has 1 aliphatic rings. The largest absolute Gasteiger partial charge is 0.466 e. The maximum Gasteiger partial charge on any atom is 0.305 e. The zero-order valence-electron chi connectivity index (χ0n) is 23.8. The summed E-state index contributed by atoms with van der Waals surface area (Å²) >= 11 is 0. The molecule has 38 heavy (non-hydrogen) atoms. The number of aliphatic hydroxyl groups excluding tert-OH is 1. The van der Waals surface area contributed by atoms with Crippen LogP contribution >= 0.6 is 0 Å². The van der Waals surface area contributed by atoms with Gasteiger partial charge >= 0.3 is 5.97 Å². The molecule has 0 spiro atoms. The molecule has 210 valence electrons. The fourth-order valence-corrected chi connectivity index (χ4v) is 5.65. The summed E-state index contributed by atoms with van der Waals surface area (Å²) in [5, 5.41) is 14.2. The molecule has 0 fully saturated rings. The zero-order valence-corrected chi connectivity index (χ0v) is 23.8. The molecule has 0 heterocycles. The van der Waals surface area contributed by atoms with Crippen molar-refractivity contribution < 1.29 is 23.8 Å². The molecule has 0 saturated carbocycles. The van der Waals surface area contributed by atoms with E-state index in [1.54, 1.807) is 19.9 Å². The van der Waals surface area contributed by atoms with Crippen LogP contribution in [0.3, 0.4) is 0 Å². The van der Waals surface area contributed by atoms with Crippen LogP contribution in [-0.4, -0.2) is 42.5 Å². The average Bonchev–Trinajstić information content (AvgIpc) is 3.28. The monoisotopic (exact) mass is 527 g/mol. The summed E-state index contributed by atoms with van der Waals surface area (Å²) in [4.78, 5) is 11.6. The minimum absolute atomic E-state index is 0.0932. The van der Waals surface area contributed by atoms with Crippen molar-refractivity contribution in [2.75, 3.05) is 19.8 Å². The van der Waals surface area contributed by atoms with E-state index < -0.39 is 6.10 Å². The highest BCUT2D eigenvalue weighted by Gasteiger charge is 2.28. The summed E-state index contributed by atoms with van der Waals surface area (Å²) < 4.78 is 25.4. The molecular formula is C32H46FNO4. The molecule has 6 heteroatoms. The number of halogens is 1. The lowest BCUT2D eigenvalue weighted by Crippen LogP contribution is -2.45.